The zero-order chi connectivity index (χ0) is 14.7. The van der Waals surface area contributed by atoms with Crippen LogP contribution >= 0.6 is 0 Å². The topological polar surface area (TPSA) is 121 Å². The molecule has 0 radical (unpaired) electrons. The summed E-state index contributed by atoms with van der Waals surface area (Å²) in [5, 5.41) is 11.6. The standard InChI is InChI=1S/C12H14N4O4/c1-6-10(20-7(2)15-6)11(17)16-9(12(18)19)3-8-4-13-5-14-8/h4-5,9H,3H2,1-2H3,(H,13,14)(H,16,17)(H,18,19)/t9-/m1/s1. The molecule has 8 nitrogen and oxygen atoms in total. The van der Waals surface area contributed by atoms with Crippen molar-refractivity contribution < 1.29 is 19.1 Å². The van der Waals surface area contributed by atoms with Crippen molar-refractivity contribution in [1.82, 2.24) is 20.3 Å². The van der Waals surface area contributed by atoms with E-state index in [-0.39, 0.29) is 12.2 Å². The van der Waals surface area contributed by atoms with Crippen molar-refractivity contribution in [3.05, 3.63) is 35.6 Å². The molecule has 0 saturated heterocycles. The number of hydrogen-bond acceptors (Lipinski definition) is 5. The lowest BCUT2D eigenvalue weighted by molar-refractivity contribution is -0.139. The van der Waals surface area contributed by atoms with Crippen molar-refractivity contribution in [3.8, 4) is 0 Å². The molecule has 1 amide bonds. The number of amides is 1. The van der Waals surface area contributed by atoms with Crippen molar-refractivity contribution >= 4 is 11.9 Å². The van der Waals surface area contributed by atoms with E-state index in [2.05, 4.69) is 20.3 Å². The number of carboxylic acids is 1. The number of nitrogens with zero attached hydrogens (tertiary/aromatic N) is 2. The zero-order valence-electron chi connectivity index (χ0n) is 11.0. The Morgan fingerprint density at radius 2 is 2.25 bits per heavy atom. The first kappa shape index (κ1) is 13.8. The maximum absolute atomic E-state index is 12.0. The molecular weight excluding hydrogens is 264 g/mol. The third kappa shape index (κ3) is 3.02. The molecular formula is C12H14N4O4. The van der Waals surface area contributed by atoms with Crippen LogP contribution in [0, 0.1) is 13.8 Å². The van der Waals surface area contributed by atoms with Gasteiger partial charge in [-0.3, -0.25) is 4.79 Å². The zero-order valence-corrected chi connectivity index (χ0v) is 11.0. The molecule has 0 aromatic carbocycles. The van der Waals surface area contributed by atoms with Gasteiger partial charge in [0.15, 0.2) is 5.89 Å². The monoisotopic (exact) mass is 278 g/mol. The Labute approximate surface area is 114 Å². The van der Waals surface area contributed by atoms with E-state index in [1.807, 2.05) is 0 Å². The molecule has 0 aliphatic rings. The Morgan fingerprint density at radius 1 is 1.50 bits per heavy atom. The fraction of sp³-hybridized carbons (Fsp3) is 0.333. The summed E-state index contributed by atoms with van der Waals surface area (Å²) in [4.78, 5) is 33.7. The molecule has 0 spiro atoms. The molecule has 106 valence electrons. The van der Waals surface area contributed by atoms with Crippen molar-refractivity contribution in [3.63, 3.8) is 0 Å². The van der Waals surface area contributed by atoms with Crippen LogP contribution in [0.5, 0.6) is 0 Å². The third-order valence-corrected chi connectivity index (χ3v) is 2.69. The summed E-state index contributed by atoms with van der Waals surface area (Å²) in [5.74, 6) is -1.36. The predicted molar refractivity (Wildman–Crippen MR) is 67.2 cm³/mol. The van der Waals surface area contributed by atoms with E-state index in [0.29, 0.717) is 17.3 Å². The highest BCUT2D eigenvalue weighted by Crippen LogP contribution is 2.10. The largest absolute Gasteiger partial charge is 0.480 e. The van der Waals surface area contributed by atoms with Crippen molar-refractivity contribution in [2.75, 3.05) is 0 Å². The summed E-state index contributed by atoms with van der Waals surface area (Å²) >= 11 is 0. The van der Waals surface area contributed by atoms with E-state index in [1.165, 1.54) is 12.5 Å². The third-order valence-electron chi connectivity index (χ3n) is 2.69. The van der Waals surface area contributed by atoms with Gasteiger partial charge in [-0.25, -0.2) is 14.8 Å². The lowest BCUT2D eigenvalue weighted by atomic mass is 10.1. The molecule has 0 unspecified atom stereocenters. The van der Waals surface area contributed by atoms with Crippen molar-refractivity contribution in [1.29, 1.82) is 0 Å². The molecule has 2 heterocycles. The average Bonchev–Trinajstić information content (AvgIpc) is 2.97. The van der Waals surface area contributed by atoms with E-state index in [9.17, 15) is 9.59 Å². The summed E-state index contributed by atoms with van der Waals surface area (Å²) in [6.07, 6.45) is 3.05. The van der Waals surface area contributed by atoms with Crippen LogP contribution in [0.25, 0.3) is 0 Å². The SMILES string of the molecule is Cc1nc(C)c(C(=O)N[C@H](Cc2cnc[nH]2)C(=O)O)o1. The molecule has 2 aromatic rings. The second-order valence-electron chi connectivity index (χ2n) is 4.29. The fourth-order valence-corrected chi connectivity index (χ4v) is 1.78. The summed E-state index contributed by atoms with van der Waals surface area (Å²) in [6.45, 7) is 3.24. The molecule has 0 aliphatic heterocycles. The number of carboxylic acid groups (broad SMARTS) is 1. The average molecular weight is 278 g/mol. The Kier molecular flexibility index (Phi) is 3.83. The first-order chi connectivity index (χ1) is 9.47. The number of aromatic nitrogens is 3. The normalized spacial score (nSPS) is 12.1. The van der Waals surface area contributed by atoms with Crippen molar-refractivity contribution in [2.45, 2.75) is 26.3 Å². The number of nitrogens with one attached hydrogen (secondary N) is 2. The fourth-order valence-electron chi connectivity index (χ4n) is 1.78. The first-order valence-corrected chi connectivity index (χ1v) is 5.92. The number of rotatable bonds is 5. The molecule has 2 aromatic heterocycles. The second kappa shape index (κ2) is 5.55. The molecule has 0 fully saturated rings. The molecule has 1 atom stereocenters. The number of carbonyl (C=O) groups is 2. The minimum Gasteiger partial charge on any atom is -0.480 e. The molecule has 0 bridgehead atoms. The highest BCUT2D eigenvalue weighted by molar-refractivity contribution is 5.95. The van der Waals surface area contributed by atoms with Crippen LogP contribution in [0.3, 0.4) is 0 Å². The second-order valence-corrected chi connectivity index (χ2v) is 4.29. The van der Waals surface area contributed by atoms with E-state index in [4.69, 9.17) is 9.52 Å². The number of oxazole rings is 1. The van der Waals surface area contributed by atoms with Gasteiger partial charge in [0.05, 0.1) is 12.0 Å². The summed E-state index contributed by atoms with van der Waals surface area (Å²) < 4.78 is 5.16. The van der Waals surface area contributed by atoms with Crippen LogP contribution in [-0.4, -0.2) is 38.0 Å². The minimum atomic E-state index is -1.14. The summed E-state index contributed by atoms with van der Waals surface area (Å²) in [5.41, 5.74) is 1.04. The molecule has 2 rings (SSSR count). The smallest absolute Gasteiger partial charge is 0.326 e. The molecule has 20 heavy (non-hydrogen) atoms. The van der Waals surface area contributed by atoms with Crippen LogP contribution < -0.4 is 5.32 Å². The molecule has 3 N–H and O–H groups in total. The van der Waals surface area contributed by atoms with Gasteiger partial charge >= 0.3 is 5.97 Å². The lowest BCUT2D eigenvalue weighted by Gasteiger charge is -2.12. The quantitative estimate of drug-likeness (QED) is 0.729. The van der Waals surface area contributed by atoms with Crippen LogP contribution in [0.4, 0.5) is 0 Å². The Bertz CT molecular complexity index is 617. The van der Waals surface area contributed by atoms with E-state index < -0.39 is 17.9 Å². The van der Waals surface area contributed by atoms with Gasteiger partial charge in [0, 0.05) is 25.2 Å². The van der Waals surface area contributed by atoms with Crippen LogP contribution in [0.2, 0.25) is 0 Å². The number of imidazole rings is 1. The van der Waals surface area contributed by atoms with Gasteiger partial charge in [-0.1, -0.05) is 0 Å². The predicted octanol–water partition coefficient (Wildman–Crippen LogP) is 0.440. The van der Waals surface area contributed by atoms with Gasteiger partial charge in [-0.15, -0.1) is 0 Å². The number of H-pyrrole nitrogens is 1. The number of aryl methyl sites for hydroxylation is 2. The lowest BCUT2D eigenvalue weighted by Crippen LogP contribution is -2.42. The maximum atomic E-state index is 12.0. The highest BCUT2D eigenvalue weighted by atomic mass is 16.4. The van der Waals surface area contributed by atoms with Gasteiger partial charge in [-0.2, -0.15) is 0 Å². The highest BCUT2D eigenvalue weighted by Gasteiger charge is 2.24. The molecule has 0 saturated carbocycles. The van der Waals surface area contributed by atoms with Gasteiger partial charge in [0.1, 0.15) is 6.04 Å². The van der Waals surface area contributed by atoms with E-state index >= 15 is 0 Å². The van der Waals surface area contributed by atoms with E-state index in [0.717, 1.165) is 0 Å². The first-order valence-electron chi connectivity index (χ1n) is 5.92. The molecule has 8 heteroatoms. The van der Waals surface area contributed by atoms with Crippen LogP contribution in [0.15, 0.2) is 16.9 Å². The van der Waals surface area contributed by atoms with Crippen molar-refractivity contribution in [2.24, 2.45) is 0 Å². The number of carbonyl (C=O) groups excluding carboxylic acids is 1. The summed E-state index contributed by atoms with van der Waals surface area (Å²) in [7, 11) is 0. The number of aliphatic carboxylic acids is 1. The number of aromatic amines is 1. The van der Waals surface area contributed by atoms with Gasteiger partial charge in [0.2, 0.25) is 5.76 Å². The summed E-state index contributed by atoms with van der Waals surface area (Å²) in [6, 6.07) is -1.08. The van der Waals surface area contributed by atoms with Crippen LogP contribution in [-0.2, 0) is 11.2 Å². The van der Waals surface area contributed by atoms with Gasteiger partial charge in [0.25, 0.3) is 5.91 Å². The van der Waals surface area contributed by atoms with Crippen LogP contribution in [0.1, 0.15) is 27.8 Å². The van der Waals surface area contributed by atoms with Gasteiger partial charge in [-0.05, 0) is 6.92 Å². The number of hydrogen-bond donors (Lipinski definition) is 3. The van der Waals surface area contributed by atoms with E-state index in [1.54, 1.807) is 13.8 Å². The maximum Gasteiger partial charge on any atom is 0.326 e. The Morgan fingerprint density at radius 3 is 2.75 bits per heavy atom. The Hall–Kier alpha value is -2.64. The van der Waals surface area contributed by atoms with Gasteiger partial charge < -0.3 is 19.8 Å². The Balaban J connectivity index is 2.10. The minimum absolute atomic E-state index is 0.0263. The molecule has 0 aliphatic carbocycles.